The second-order valence-corrected chi connectivity index (χ2v) is 8.06. The zero-order valence-corrected chi connectivity index (χ0v) is 18.9. The van der Waals surface area contributed by atoms with Crippen molar-refractivity contribution >= 4 is 34.6 Å². The van der Waals surface area contributed by atoms with Gasteiger partial charge in [0.05, 0.1) is 5.69 Å². The van der Waals surface area contributed by atoms with E-state index in [-0.39, 0.29) is 6.54 Å². The molecule has 0 spiro atoms. The SMILES string of the molecule is CCN(CC(=O)O)c1nc(N2CCN(c3ccccc3)CC2)nc2c1ncn2-c1ccncc1. The van der Waals surface area contributed by atoms with Gasteiger partial charge >= 0.3 is 5.97 Å². The molecule has 0 aliphatic carbocycles. The topological polar surface area (TPSA) is 104 Å². The number of carboxylic acid groups (broad SMARTS) is 1. The molecule has 34 heavy (non-hydrogen) atoms. The first-order chi connectivity index (χ1) is 16.6. The molecule has 0 amide bonds. The molecule has 3 aromatic heterocycles. The summed E-state index contributed by atoms with van der Waals surface area (Å²) in [6, 6.07) is 14.1. The normalized spacial score (nSPS) is 13.9. The van der Waals surface area contributed by atoms with Gasteiger partial charge in [0, 0.05) is 50.8 Å². The highest BCUT2D eigenvalue weighted by Gasteiger charge is 2.24. The number of para-hydroxylation sites is 1. The lowest BCUT2D eigenvalue weighted by molar-refractivity contribution is -0.135. The molecule has 1 saturated heterocycles. The summed E-state index contributed by atoms with van der Waals surface area (Å²) in [6.45, 7) is 5.44. The Morgan fingerprint density at radius 3 is 2.35 bits per heavy atom. The number of hydrogen-bond donors (Lipinski definition) is 1. The Kier molecular flexibility index (Phi) is 5.94. The molecular weight excluding hydrogens is 432 g/mol. The van der Waals surface area contributed by atoms with Gasteiger partial charge in [-0.3, -0.25) is 14.3 Å². The first-order valence-corrected chi connectivity index (χ1v) is 11.3. The molecule has 1 aliphatic rings. The van der Waals surface area contributed by atoms with Crippen molar-refractivity contribution < 1.29 is 9.90 Å². The van der Waals surface area contributed by atoms with E-state index >= 15 is 0 Å². The van der Waals surface area contributed by atoms with Crippen LogP contribution in [0.5, 0.6) is 0 Å². The van der Waals surface area contributed by atoms with Crippen LogP contribution in [-0.2, 0) is 4.79 Å². The molecule has 1 aliphatic heterocycles. The van der Waals surface area contributed by atoms with Gasteiger partial charge in [-0.05, 0) is 31.2 Å². The van der Waals surface area contributed by atoms with Gasteiger partial charge in [-0.2, -0.15) is 9.97 Å². The second kappa shape index (κ2) is 9.34. The fourth-order valence-corrected chi connectivity index (χ4v) is 4.23. The molecule has 4 heterocycles. The fraction of sp³-hybridized carbons (Fsp3) is 0.292. The fourth-order valence-electron chi connectivity index (χ4n) is 4.23. The minimum absolute atomic E-state index is 0.161. The number of imidazole rings is 1. The van der Waals surface area contributed by atoms with Crippen molar-refractivity contribution in [1.82, 2.24) is 24.5 Å². The molecule has 10 nitrogen and oxygen atoms in total. The summed E-state index contributed by atoms with van der Waals surface area (Å²) in [6.07, 6.45) is 5.13. The van der Waals surface area contributed by atoms with E-state index in [0.717, 1.165) is 31.9 Å². The largest absolute Gasteiger partial charge is 0.480 e. The maximum Gasteiger partial charge on any atom is 0.323 e. The molecule has 10 heteroatoms. The predicted octanol–water partition coefficient (Wildman–Crippen LogP) is 2.45. The van der Waals surface area contributed by atoms with Gasteiger partial charge in [-0.15, -0.1) is 0 Å². The number of rotatable bonds is 7. The van der Waals surface area contributed by atoms with Crippen LogP contribution in [-0.4, -0.2) is 74.8 Å². The Balaban J connectivity index is 1.53. The van der Waals surface area contributed by atoms with Crippen LogP contribution in [0.15, 0.2) is 61.2 Å². The van der Waals surface area contributed by atoms with Crippen molar-refractivity contribution in [3.63, 3.8) is 0 Å². The van der Waals surface area contributed by atoms with Crippen LogP contribution >= 0.6 is 0 Å². The number of nitrogens with zero attached hydrogens (tertiary/aromatic N) is 8. The Bertz CT molecular complexity index is 1270. The van der Waals surface area contributed by atoms with E-state index in [1.54, 1.807) is 23.6 Å². The third kappa shape index (κ3) is 4.21. The average molecular weight is 459 g/mol. The number of piperazine rings is 1. The minimum Gasteiger partial charge on any atom is -0.480 e. The van der Waals surface area contributed by atoms with E-state index in [2.05, 4.69) is 31.9 Å². The Labute approximate surface area is 197 Å². The summed E-state index contributed by atoms with van der Waals surface area (Å²) >= 11 is 0. The number of pyridine rings is 1. The number of hydrogen-bond acceptors (Lipinski definition) is 8. The number of aromatic nitrogens is 5. The highest BCUT2D eigenvalue weighted by Crippen LogP contribution is 2.28. The molecule has 0 saturated carbocycles. The summed E-state index contributed by atoms with van der Waals surface area (Å²) in [5.41, 5.74) is 3.30. The number of fused-ring (bicyclic) bond motifs is 1. The highest BCUT2D eigenvalue weighted by molar-refractivity contribution is 5.88. The van der Waals surface area contributed by atoms with E-state index < -0.39 is 5.97 Å². The third-order valence-electron chi connectivity index (χ3n) is 6.00. The predicted molar refractivity (Wildman–Crippen MR) is 131 cm³/mol. The number of carbonyl (C=O) groups is 1. The number of anilines is 3. The molecule has 0 atom stereocenters. The van der Waals surface area contributed by atoms with Gasteiger partial charge in [0.25, 0.3) is 0 Å². The van der Waals surface area contributed by atoms with Crippen molar-refractivity contribution in [2.45, 2.75) is 6.92 Å². The van der Waals surface area contributed by atoms with Crippen LogP contribution in [0, 0.1) is 0 Å². The molecular formula is C24H26N8O2. The van der Waals surface area contributed by atoms with Crippen LogP contribution in [0.4, 0.5) is 17.5 Å². The molecule has 1 N–H and O–H groups in total. The van der Waals surface area contributed by atoms with Crippen LogP contribution in [0.1, 0.15) is 6.92 Å². The van der Waals surface area contributed by atoms with Crippen LogP contribution in [0.25, 0.3) is 16.9 Å². The lowest BCUT2D eigenvalue weighted by Gasteiger charge is -2.36. The average Bonchev–Trinajstić information content (AvgIpc) is 3.32. The third-order valence-corrected chi connectivity index (χ3v) is 6.00. The van der Waals surface area contributed by atoms with E-state index in [0.29, 0.717) is 29.5 Å². The highest BCUT2D eigenvalue weighted by atomic mass is 16.4. The number of benzene rings is 1. The molecule has 0 bridgehead atoms. The van der Waals surface area contributed by atoms with E-state index in [4.69, 9.17) is 9.97 Å². The molecule has 0 unspecified atom stereocenters. The quantitative estimate of drug-likeness (QED) is 0.447. The Morgan fingerprint density at radius 2 is 1.68 bits per heavy atom. The molecule has 5 rings (SSSR count). The zero-order chi connectivity index (χ0) is 23.5. The molecule has 0 radical (unpaired) electrons. The lowest BCUT2D eigenvalue weighted by Crippen LogP contribution is -2.47. The monoisotopic (exact) mass is 458 g/mol. The van der Waals surface area contributed by atoms with Gasteiger partial charge in [0.15, 0.2) is 17.0 Å². The van der Waals surface area contributed by atoms with Gasteiger partial charge in [-0.1, -0.05) is 18.2 Å². The van der Waals surface area contributed by atoms with Crippen molar-refractivity contribution in [1.29, 1.82) is 0 Å². The van der Waals surface area contributed by atoms with E-state index in [9.17, 15) is 9.90 Å². The number of aliphatic carboxylic acids is 1. The van der Waals surface area contributed by atoms with Gasteiger partial charge in [0.1, 0.15) is 12.9 Å². The molecule has 4 aromatic rings. The van der Waals surface area contributed by atoms with Crippen molar-refractivity contribution in [3.8, 4) is 5.69 Å². The standard InChI is InChI=1S/C24H26N8O2/c1-2-29(16-20(33)34)22-21-23(32(17-26-21)19-8-10-25-11-9-19)28-24(27-22)31-14-12-30(13-15-31)18-6-4-3-5-7-18/h3-11,17H,2,12-16H2,1H3,(H,33,34). The van der Waals surface area contributed by atoms with Crippen molar-refractivity contribution in [3.05, 3.63) is 61.2 Å². The summed E-state index contributed by atoms with van der Waals surface area (Å²) in [5, 5.41) is 9.45. The maximum absolute atomic E-state index is 11.5. The number of carboxylic acids is 1. The zero-order valence-electron chi connectivity index (χ0n) is 18.9. The van der Waals surface area contributed by atoms with Crippen molar-refractivity contribution in [2.24, 2.45) is 0 Å². The van der Waals surface area contributed by atoms with E-state index in [1.807, 2.05) is 41.8 Å². The molecule has 1 aromatic carbocycles. The lowest BCUT2D eigenvalue weighted by atomic mass is 10.2. The summed E-state index contributed by atoms with van der Waals surface area (Å²) in [5.74, 6) is 0.193. The van der Waals surface area contributed by atoms with Gasteiger partial charge in [0.2, 0.25) is 5.95 Å². The minimum atomic E-state index is -0.916. The smallest absolute Gasteiger partial charge is 0.323 e. The summed E-state index contributed by atoms with van der Waals surface area (Å²) in [7, 11) is 0. The van der Waals surface area contributed by atoms with Crippen LogP contribution in [0.3, 0.4) is 0 Å². The Morgan fingerprint density at radius 1 is 0.971 bits per heavy atom. The first kappa shape index (κ1) is 21.6. The van der Waals surface area contributed by atoms with Crippen LogP contribution in [0.2, 0.25) is 0 Å². The maximum atomic E-state index is 11.5. The van der Waals surface area contributed by atoms with Crippen molar-refractivity contribution in [2.75, 3.05) is 54.0 Å². The molecule has 1 fully saturated rings. The molecule has 174 valence electrons. The first-order valence-electron chi connectivity index (χ1n) is 11.3. The second-order valence-electron chi connectivity index (χ2n) is 8.06. The van der Waals surface area contributed by atoms with Gasteiger partial charge < -0.3 is 19.8 Å². The van der Waals surface area contributed by atoms with E-state index in [1.165, 1.54) is 5.69 Å². The van der Waals surface area contributed by atoms with Crippen LogP contribution < -0.4 is 14.7 Å². The Hall–Kier alpha value is -4.21. The summed E-state index contributed by atoms with van der Waals surface area (Å²) < 4.78 is 1.89. The van der Waals surface area contributed by atoms with Gasteiger partial charge in [-0.25, -0.2) is 4.98 Å². The summed E-state index contributed by atoms with van der Waals surface area (Å²) in [4.78, 5) is 36.1. The number of likely N-dealkylation sites (N-methyl/N-ethyl adjacent to an activating group) is 1.